The maximum Gasteiger partial charge on any atom is 0.315 e. The lowest BCUT2D eigenvalue weighted by atomic mass is 10.1. The molecule has 0 saturated carbocycles. The zero-order valence-electron chi connectivity index (χ0n) is 18.1. The third-order valence-electron chi connectivity index (χ3n) is 5.26. The molecular weight excluding hydrogens is 413 g/mol. The number of carbonyl (C=O) groups is 3. The monoisotopic (exact) mass is 441 g/mol. The molecule has 9 heteroatoms. The van der Waals surface area contributed by atoms with Crippen LogP contribution in [0.3, 0.4) is 0 Å². The van der Waals surface area contributed by atoms with E-state index in [2.05, 4.69) is 20.9 Å². The average molecular weight is 442 g/mol. The molecular formula is C23H28FN5O3. The Morgan fingerprint density at radius 2 is 1.38 bits per heavy atom. The highest BCUT2D eigenvalue weighted by Crippen LogP contribution is 2.10. The Morgan fingerprint density at radius 3 is 2.00 bits per heavy atom. The van der Waals surface area contributed by atoms with Gasteiger partial charge in [0.1, 0.15) is 5.82 Å². The van der Waals surface area contributed by atoms with E-state index >= 15 is 0 Å². The molecule has 3 N–H and O–H groups in total. The summed E-state index contributed by atoms with van der Waals surface area (Å²) in [5, 5.41) is 7.80. The molecule has 0 aromatic heterocycles. The number of nitrogens with one attached hydrogen (secondary N) is 3. The second-order valence-corrected chi connectivity index (χ2v) is 7.73. The summed E-state index contributed by atoms with van der Waals surface area (Å²) in [5.74, 6) is -0.657. The third kappa shape index (κ3) is 7.05. The molecule has 0 spiro atoms. The topological polar surface area (TPSA) is 93.8 Å². The first-order valence-corrected chi connectivity index (χ1v) is 10.5. The molecule has 0 bridgehead atoms. The van der Waals surface area contributed by atoms with Crippen LogP contribution in [-0.2, 0) is 17.9 Å². The number of rotatable bonds is 7. The van der Waals surface area contributed by atoms with E-state index in [1.54, 1.807) is 24.3 Å². The van der Waals surface area contributed by atoms with Gasteiger partial charge in [-0.1, -0.05) is 24.3 Å². The second kappa shape index (κ2) is 11.2. The molecule has 1 heterocycles. The number of urea groups is 1. The molecule has 2 aromatic rings. The summed E-state index contributed by atoms with van der Waals surface area (Å²) >= 11 is 0. The van der Waals surface area contributed by atoms with E-state index in [4.69, 9.17) is 0 Å². The second-order valence-electron chi connectivity index (χ2n) is 7.73. The molecule has 32 heavy (non-hydrogen) atoms. The van der Waals surface area contributed by atoms with Gasteiger partial charge < -0.3 is 25.8 Å². The zero-order valence-corrected chi connectivity index (χ0v) is 18.1. The zero-order chi connectivity index (χ0) is 22.9. The summed E-state index contributed by atoms with van der Waals surface area (Å²) in [6.07, 6.45) is 0. The van der Waals surface area contributed by atoms with Gasteiger partial charge in [-0.05, 0) is 42.4 Å². The Bertz CT molecular complexity index is 926. The Morgan fingerprint density at radius 1 is 0.812 bits per heavy atom. The van der Waals surface area contributed by atoms with Crippen molar-refractivity contribution in [2.24, 2.45) is 0 Å². The number of nitrogens with zero attached hydrogens (tertiary/aromatic N) is 2. The highest BCUT2D eigenvalue weighted by molar-refractivity contribution is 5.94. The lowest BCUT2D eigenvalue weighted by Crippen LogP contribution is -2.47. The van der Waals surface area contributed by atoms with Crippen LogP contribution in [0.1, 0.15) is 21.5 Å². The molecule has 0 atom stereocenters. The van der Waals surface area contributed by atoms with Gasteiger partial charge in [-0.2, -0.15) is 0 Å². The molecule has 2 aromatic carbocycles. The Balaban J connectivity index is 1.35. The highest BCUT2D eigenvalue weighted by atomic mass is 19.1. The molecule has 1 fully saturated rings. The fraction of sp³-hybridized carbons (Fsp3) is 0.348. The van der Waals surface area contributed by atoms with Crippen LogP contribution in [0.4, 0.5) is 9.18 Å². The van der Waals surface area contributed by atoms with Gasteiger partial charge in [0, 0.05) is 44.8 Å². The van der Waals surface area contributed by atoms with Gasteiger partial charge in [-0.3, -0.25) is 9.59 Å². The van der Waals surface area contributed by atoms with E-state index in [0.29, 0.717) is 12.1 Å². The number of hydrogen-bond donors (Lipinski definition) is 3. The average Bonchev–Trinajstić information content (AvgIpc) is 2.81. The van der Waals surface area contributed by atoms with Crippen molar-refractivity contribution in [1.29, 1.82) is 0 Å². The van der Waals surface area contributed by atoms with Crippen molar-refractivity contribution in [3.8, 4) is 0 Å². The van der Waals surface area contributed by atoms with Gasteiger partial charge in [0.05, 0.1) is 6.54 Å². The maximum absolute atomic E-state index is 12.9. The Kier molecular flexibility index (Phi) is 8.15. The van der Waals surface area contributed by atoms with Crippen LogP contribution in [0.5, 0.6) is 0 Å². The standard InChI is InChI=1S/C23H28FN5O3/c1-28-10-12-29(13-11-28)22(31)19-6-2-17(3-7-19)14-25-21(30)16-27-23(32)26-15-18-4-8-20(24)9-5-18/h2-9H,10-16H2,1H3,(H,25,30)(H2,26,27,32). The van der Waals surface area contributed by atoms with E-state index < -0.39 is 6.03 Å². The van der Waals surface area contributed by atoms with Gasteiger partial charge in [0.25, 0.3) is 5.91 Å². The minimum absolute atomic E-state index is 0.0181. The van der Waals surface area contributed by atoms with Gasteiger partial charge in [0.2, 0.25) is 5.91 Å². The summed E-state index contributed by atoms with van der Waals surface area (Å²) in [5.41, 5.74) is 2.23. The van der Waals surface area contributed by atoms with Crippen LogP contribution in [0.25, 0.3) is 0 Å². The van der Waals surface area contributed by atoms with Crippen molar-refractivity contribution < 1.29 is 18.8 Å². The van der Waals surface area contributed by atoms with E-state index in [-0.39, 0.29) is 30.7 Å². The number of piperazine rings is 1. The Hall–Kier alpha value is -3.46. The molecule has 0 aliphatic carbocycles. The first kappa shape index (κ1) is 23.2. The van der Waals surface area contributed by atoms with Crippen molar-refractivity contribution in [1.82, 2.24) is 25.8 Å². The first-order valence-electron chi connectivity index (χ1n) is 10.5. The predicted octanol–water partition coefficient (Wildman–Crippen LogP) is 1.33. The smallest absolute Gasteiger partial charge is 0.315 e. The van der Waals surface area contributed by atoms with Gasteiger partial charge in [-0.15, -0.1) is 0 Å². The minimum Gasteiger partial charge on any atom is -0.350 e. The highest BCUT2D eigenvalue weighted by Gasteiger charge is 2.20. The SMILES string of the molecule is CN1CCN(C(=O)c2ccc(CNC(=O)CNC(=O)NCc3ccc(F)cc3)cc2)CC1. The van der Waals surface area contributed by atoms with E-state index in [1.165, 1.54) is 12.1 Å². The lowest BCUT2D eigenvalue weighted by molar-refractivity contribution is -0.120. The first-order chi connectivity index (χ1) is 15.4. The van der Waals surface area contributed by atoms with Gasteiger partial charge >= 0.3 is 6.03 Å². The summed E-state index contributed by atoms with van der Waals surface area (Å²) in [6, 6.07) is 12.5. The van der Waals surface area contributed by atoms with Crippen molar-refractivity contribution in [3.05, 3.63) is 71.0 Å². The van der Waals surface area contributed by atoms with E-state index in [1.807, 2.05) is 24.1 Å². The Labute approximate surface area is 186 Å². The number of halogens is 1. The molecule has 3 rings (SSSR count). The number of likely N-dealkylation sites (N-methyl/N-ethyl adjacent to an activating group) is 1. The number of hydrogen-bond acceptors (Lipinski definition) is 4. The van der Waals surface area contributed by atoms with Crippen LogP contribution in [0, 0.1) is 5.82 Å². The summed E-state index contributed by atoms with van der Waals surface area (Å²) in [6.45, 7) is 3.53. The molecule has 0 unspecified atom stereocenters. The third-order valence-corrected chi connectivity index (χ3v) is 5.26. The molecule has 4 amide bonds. The number of carbonyl (C=O) groups excluding carboxylic acids is 3. The largest absolute Gasteiger partial charge is 0.350 e. The lowest BCUT2D eigenvalue weighted by Gasteiger charge is -2.32. The number of benzene rings is 2. The normalized spacial score (nSPS) is 14.0. The van der Waals surface area contributed by atoms with Crippen LogP contribution in [0.2, 0.25) is 0 Å². The van der Waals surface area contributed by atoms with Crippen molar-refractivity contribution in [3.63, 3.8) is 0 Å². The quantitative estimate of drug-likeness (QED) is 0.604. The summed E-state index contributed by atoms with van der Waals surface area (Å²) in [7, 11) is 2.04. The van der Waals surface area contributed by atoms with Gasteiger partial charge in [-0.25, -0.2) is 9.18 Å². The minimum atomic E-state index is -0.490. The van der Waals surface area contributed by atoms with Crippen molar-refractivity contribution >= 4 is 17.8 Å². The van der Waals surface area contributed by atoms with E-state index in [0.717, 1.165) is 37.3 Å². The van der Waals surface area contributed by atoms with Crippen LogP contribution >= 0.6 is 0 Å². The molecule has 1 aliphatic heterocycles. The number of amides is 4. The fourth-order valence-corrected chi connectivity index (χ4v) is 3.23. The van der Waals surface area contributed by atoms with Gasteiger partial charge in [0.15, 0.2) is 0 Å². The van der Waals surface area contributed by atoms with Crippen molar-refractivity contribution in [2.45, 2.75) is 13.1 Å². The molecule has 0 radical (unpaired) electrons. The summed E-state index contributed by atoms with van der Waals surface area (Å²) < 4.78 is 12.9. The molecule has 8 nitrogen and oxygen atoms in total. The molecule has 170 valence electrons. The molecule has 1 saturated heterocycles. The van der Waals surface area contributed by atoms with Crippen LogP contribution in [0.15, 0.2) is 48.5 Å². The summed E-state index contributed by atoms with van der Waals surface area (Å²) in [4.78, 5) is 40.4. The van der Waals surface area contributed by atoms with Crippen molar-refractivity contribution in [2.75, 3.05) is 39.8 Å². The van der Waals surface area contributed by atoms with Crippen LogP contribution < -0.4 is 16.0 Å². The molecule has 1 aliphatic rings. The van der Waals surface area contributed by atoms with E-state index in [9.17, 15) is 18.8 Å². The predicted molar refractivity (Wildman–Crippen MR) is 118 cm³/mol. The van der Waals surface area contributed by atoms with Crippen LogP contribution in [-0.4, -0.2) is 67.4 Å². The fourth-order valence-electron chi connectivity index (χ4n) is 3.23. The maximum atomic E-state index is 12.9.